The van der Waals surface area contributed by atoms with Gasteiger partial charge in [0.1, 0.15) is 6.04 Å². The lowest BCUT2D eigenvalue weighted by Gasteiger charge is -2.35. The Morgan fingerprint density at radius 1 is 1.21 bits per heavy atom. The summed E-state index contributed by atoms with van der Waals surface area (Å²) in [6, 6.07) is 8.12. The van der Waals surface area contributed by atoms with Crippen LogP contribution in [0.3, 0.4) is 0 Å². The fourth-order valence-electron chi connectivity index (χ4n) is 3.71. The molecule has 1 fully saturated rings. The minimum Gasteiger partial charge on any atom is -0.469 e. The van der Waals surface area contributed by atoms with Crippen molar-refractivity contribution >= 4 is 17.8 Å². The first-order chi connectivity index (χ1) is 13.2. The monoisotopic (exact) mass is 388 g/mol. The molecule has 0 unspecified atom stereocenters. The Hall–Kier alpha value is -2.37. The molecule has 0 bridgehead atoms. The highest BCUT2D eigenvalue weighted by molar-refractivity contribution is 5.98. The number of methoxy groups -OCH3 is 1. The number of hydrogen-bond acceptors (Lipinski definition) is 4. The molecule has 154 valence electrons. The van der Waals surface area contributed by atoms with Crippen LogP contribution in [0.4, 0.5) is 0 Å². The quantitative estimate of drug-likeness (QED) is 0.729. The van der Waals surface area contributed by atoms with Gasteiger partial charge in [-0.05, 0) is 51.2 Å². The minimum atomic E-state index is -0.860. The number of rotatable bonds is 7. The van der Waals surface area contributed by atoms with Crippen molar-refractivity contribution < 1.29 is 19.1 Å². The number of esters is 1. The molecule has 1 aliphatic heterocycles. The Morgan fingerprint density at radius 3 is 2.43 bits per heavy atom. The van der Waals surface area contributed by atoms with E-state index in [0.717, 1.165) is 6.42 Å². The van der Waals surface area contributed by atoms with Gasteiger partial charge in [0.15, 0.2) is 0 Å². The van der Waals surface area contributed by atoms with Gasteiger partial charge in [0.25, 0.3) is 5.91 Å². The van der Waals surface area contributed by atoms with Crippen LogP contribution in [0.1, 0.15) is 57.3 Å². The van der Waals surface area contributed by atoms with Crippen LogP contribution >= 0.6 is 0 Å². The number of likely N-dealkylation sites (tertiary alicyclic amines) is 1. The van der Waals surface area contributed by atoms with Gasteiger partial charge >= 0.3 is 5.97 Å². The Balaban J connectivity index is 2.17. The Morgan fingerprint density at radius 2 is 1.86 bits per heavy atom. The summed E-state index contributed by atoms with van der Waals surface area (Å²) in [5.74, 6) is -0.405. The predicted octanol–water partition coefficient (Wildman–Crippen LogP) is 3.02. The molecule has 0 spiro atoms. The van der Waals surface area contributed by atoms with Crippen LogP contribution in [0.5, 0.6) is 0 Å². The molecule has 2 rings (SSSR count). The van der Waals surface area contributed by atoms with Gasteiger partial charge in [-0.2, -0.15) is 0 Å². The minimum absolute atomic E-state index is 0.133. The first-order valence-electron chi connectivity index (χ1n) is 9.93. The van der Waals surface area contributed by atoms with Crippen molar-refractivity contribution in [2.24, 2.45) is 11.3 Å². The topological polar surface area (TPSA) is 75.7 Å². The van der Waals surface area contributed by atoms with Gasteiger partial charge in [0, 0.05) is 18.2 Å². The number of benzene rings is 1. The summed E-state index contributed by atoms with van der Waals surface area (Å²) in [6.07, 6.45) is 2.05. The molecule has 1 aromatic rings. The normalized spacial score (nSPS) is 18.1. The van der Waals surface area contributed by atoms with Crippen LogP contribution in [0.15, 0.2) is 30.3 Å². The smallest absolute Gasteiger partial charge is 0.313 e. The second-order valence-corrected chi connectivity index (χ2v) is 8.43. The molecule has 6 heteroatoms. The van der Waals surface area contributed by atoms with E-state index in [0.29, 0.717) is 30.9 Å². The van der Waals surface area contributed by atoms with Crippen LogP contribution in [-0.4, -0.2) is 48.4 Å². The zero-order valence-electron chi connectivity index (χ0n) is 17.5. The first-order valence-corrected chi connectivity index (χ1v) is 9.93. The molecule has 28 heavy (non-hydrogen) atoms. The molecule has 0 radical (unpaired) electrons. The van der Waals surface area contributed by atoms with E-state index in [9.17, 15) is 14.4 Å². The van der Waals surface area contributed by atoms with E-state index in [1.54, 1.807) is 30.9 Å². The van der Waals surface area contributed by atoms with Crippen molar-refractivity contribution in [2.45, 2.75) is 59.0 Å². The standard InChI is InChI=1S/C22H32N2O4/c1-15(2)14-18(22(3,4)21(27)28-5)23-19(25)17-12-9-13-24(17)20(26)16-10-7-6-8-11-16/h6-8,10-11,15,17-18H,9,12-14H2,1-5H3,(H,23,25)/t17-,18+/m0/s1. The summed E-state index contributed by atoms with van der Waals surface area (Å²) < 4.78 is 4.95. The highest BCUT2D eigenvalue weighted by Crippen LogP contribution is 2.28. The fraction of sp³-hybridized carbons (Fsp3) is 0.591. The van der Waals surface area contributed by atoms with Gasteiger partial charge in [-0.3, -0.25) is 14.4 Å². The molecule has 6 nitrogen and oxygen atoms in total. The highest BCUT2D eigenvalue weighted by atomic mass is 16.5. The summed E-state index contributed by atoms with van der Waals surface area (Å²) in [7, 11) is 1.36. The van der Waals surface area contributed by atoms with Crippen molar-refractivity contribution in [3.8, 4) is 0 Å². The maximum absolute atomic E-state index is 13.1. The molecule has 0 aliphatic carbocycles. The second kappa shape index (κ2) is 9.22. The second-order valence-electron chi connectivity index (χ2n) is 8.43. The van der Waals surface area contributed by atoms with E-state index in [1.807, 2.05) is 32.0 Å². The summed E-state index contributed by atoms with van der Waals surface area (Å²) in [5, 5.41) is 3.05. The SMILES string of the molecule is COC(=O)C(C)(C)[C@@H](CC(C)C)NC(=O)[C@@H]1CCCN1C(=O)c1ccccc1. The average Bonchev–Trinajstić information content (AvgIpc) is 3.16. The summed E-state index contributed by atoms with van der Waals surface area (Å²) in [5.41, 5.74) is -0.280. The average molecular weight is 389 g/mol. The van der Waals surface area contributed by atoms with Crippen molar-refractivity contribution in [1.82, 2.24) is 10.2 Å². The van der Waals surface area contributed by atoms with Crippen molar-refractivity contribution in [3.05, 3.63) is 35.9 Å². The number of nitrogens with zero attached hydrogens (tertiary/aromatic N) is 1. The van der Waals surface area contributed by atoms with Crippen LogP contribution in [-0.2, 0) is 14.3 Å². The number of nitrogens with one attached hydrogen (secondary N) is 1. The molecule has 0 aromatic heterocycles. The fourth-order valence-corrected chi connectivity index (χ4v) is 3.71. The number of carbonyl (C=O) groups excluding carboxylic acids is 3. The lowest BCUT2D eigenvalue weighted by molar-refractivity contribution is -0.153. The lowest BCUT2D eigenvalue weighted by Crippen LogP contribution is -2.55. The van der Waals surface area contributed by atoms with Crippen molar-refractivity contribution in [3.63, 3.8) is 0 Å². The number of ether oxygens (including phenoxy) is 1. The zero-order valence-corrected chi connectivity index (χ0v) is 17.5. The number of amides is 2. The summed E-state index contributed by atoms with van der Waals surface area (Å²) in [6.45, 7) is 8.23. The molecule has 0 saturated carbocycles. The van der Waals surface area contributed by atoms with Gasteiger partial charge in [0.05, 0.1) is 12.5 Å². The molecule has 1 N–H and O–H groups in total. The molecule has 1 saturated heterocycles. The van der Waals surface area contributed by atoms with E-state index in [4.69, 9.17) is 4.74 Å². The maximum atomic E-state index is 13.1. The third-order valence-corrected chi connectivity index (χ3v) is 5.44. The molecule has 1 aromatic carbocycles. The maximum Gasteiger partial charge on any atom is 0.313 e. The summed E-state index contributed by atoms with van der Waals surface area (Å²) in [4.78, 5) is 39.9. The number of hydrogen-bond donors (Lipinski definition) is 1. The third-order valence-electron chi connectivity index (χ3n) is 5.44. The summed E-state index contributed by atoms with van der Waals surface area (Å²) >= 11 is 0. The predicted molar refractivity (Wildman–Crippen MR) is 108 cm³/mol. The Bertz CT molecular complexity index is 700. The van der Waals surface area contributed by atoms with Crippen LogP contribution in [0.25, 0.3) is 0 Å². The van der Waals surface area contributed by atoms with Crippen LogP contribution in [0, 0.1) is 11.3 Å². The van der Waals surface area contributed by atoms with Crippen molar-refractivity contribution in [1.29, 1.82) is 0 Å². The van der Waals surface area contributed by atoms with Gasteiger partial charge < -0.3 is 15.0 Å². The van der Waals surface area contributed by atoms with Gasteiger partial charge in [-0.15, -0.1) is 0 Å². The van der Waals surface area contributed by atoms with Gasteiger partial charge in [0.2, 0.25) is 5.91 Å². The van der Waals surface area contributed by atoms with Gasteiger partial charge in [-0.25, -0.2) is 0 Å². The van der Waals surface area contributed by atoms with Crippen LogP contribution in [0.2, 0.25) is 0 Å². The lowest BCUT2D eigenvalue weighted by atomic mass is 9.80. The Labute approximate surface area is 167 Å². The largest absolute Gasteiger partial charge is 0.469 e. The van der Waals surface area contributed by atoms with E-state index in [2.05, 4.69) is 5.32 Å². The molecule has 2 atom stereocenters. The third kappa shape index (κ3) is 4.91. The molecule has 2 amide bonds. The molecular formula is C22H32N2O4. The van der Waals surface area contributed by atoms with E-state index >= 15 is 0 Å². The van der Waals surface area contributed by atoms with Crippen LogP contribution < -0.4 is 5.32 Å². The van der Waals surface area contributed by atoms with Gasteiger partial charge in [-0.1, -0.05) is 32.0 Å². The van der Waals surface area contributed by atoms with Crippen molar-refractivity contribution in [2.75, 3.05) is 13.7 Å². The molecule has 1 aliphatic rings. The van der Waals surface area contributed by atoms with E-state index in [-0.39, 0.29) is 23.8 Å². The molecule has 1 heterocycles. The Kier molecular flexibility index (Phi) is 7.22. The first kappa shape index (κ1) is 21.9. The zero-order chi connectivity index (χ0) is 20.9. The van der Waals surface area contributed by atoms with E-state index < -0.39 is 11.5 Å². The number of carbonyl (C=O) groups is 3. The highest BCUT2D eigenvalue weighted by Gasteiger charge is 2.42. The van der Waals surface area contributed by atoms with E-state index in [1.165, 1.54) is 7.11 Å². The molecular weight excluding hydrogens is 356 g/mol.